The molecule has 32 heavy (non-hydrogen) atoms. The number of hydrogen-bond donors (Lipinski definition) is 3. The van der Waals surface area contributed by atoms with Crippen LogP contribution in [-0.4, -0.2) is 16.9 Å². The molecule has 1 atom stereocenters. The fourth-order valence-corrected chi connectivity index (χ4v) is 3.62. The average Bonchev–Trinajstić information content (AvgIpc) is 3.44. The van der Waals surface area contributed by atoms with Crippen LogP contribution in [0.5, 0.6) is 0 Å². The van der Waals surface area contributed by atoms with Crippen LogP contribution >= 0.6 is 0 Å². The quantitative estimate of drug-likeness (QED) is 0.434. The highest BCUT2D eigenvalue weighted by molar-refractivity contribution is 6.07. The molecular formula is C24H21N5O3. The first-order valence-corrected chi connectivity index (χ1v) is 10.2. The summed E-state index contributed by atoms with van der Waals surface area (Å²) >= 11 is 0. The van der Waals surface area contributed by atoms with Crippen molar-refractivity contribution in [1.29, 1.82) is 0 Å². The zero-order valence-electron chi connectivity index (χ0n) is 17.5. The number of aliphatic imine (C=N–C) groups is 1. The Morgan fingerprint density at radius 2 is 1.84 bits per heavy atom. The van der Waals surface area contributed by atoms with Gasteiger partial charge in [-0.25, -0.2) is 4.99 Å². The Bertz CT molecular complexity index is 1320. The molecule has 2 aromatic heterocycles. The minimum atomic E-state index is -0.637. The second-order valence-corrected chi connectivity index (χ2v) is 7.44. The van der Waals surface area contributed by atoms with Crippen molar-refractivity contribution in [1.82, 2.24) is 10.3 Å². The number of rotatable bonds is 4. The number of amides is 1. The second-order valence-electron chi connectivity index (χ2n) is 7.44. The van der Waals surface area contributed by atoms with Crippen molar-refractivity contribution in [2.75, 3.05) is 10.6 Å². The molecule has 2 aromatic carbocycles. The number of aryl methyl sites for hydroxylation is 1. The second kappa shape index (κ2) is 8.07. The molecule has 4 aromatic rings. The molecule has 0 saturated heterocycles. The highest BCUT2D eigenvalue weighted by Crippen LogP contribution is 2.32. The van der Waals surface area contributed by atoms with Gasteiger partial charge in [0, 0.05) is 11.4 Å². The summed E-state index contributed by atoms with van der Waals surface area (Å²) in [7, 11) is 0. The zero-order chi connectivity index (χ0) is 22.1. The Morgan fingerprint density at radius 3 is 2.62 bits per heavy atom. The zero-order valence-corrected chi connectivity index (χ0v) is 17.5. The molecule has 1 unspecified atom stereocenters. The molecule has 1 amide bonds. The standard InChI is InChI=1S/C24H21N5O3/c1-14-8-3-4-9-16(14)26-22(30)20-15(2)25-23(28-21(20)19-12-7-13-31-19)29-24-27-17-10-5-6-11-18(17)32-24/h3-13,21H,1-2H3,(H,26,30)(H2,25,27,28,29). The summed E-state index contributed by atoms with van der Waals surface area (Å²) in [6, 6.07) is 18.3. The van der Waals surface area contributed by atoms with Gasteiger partial charge in [-0.15, -0.1) is 0 Å². The fraction of sp³-hybridized carbons (Fsp3) is 0.125. The van der Waals surface area contributed by atoms with E-state index in [2.05, 4.69) is 25.9 Å². The molecule has 3 heterocycles. The Kier molecular flexibility index (Phi) is 4.95. The van der Waals surface area contributed by atoms with Gasteiger partial charge >= 0.3 is 6.01 Å². The third kappa shape index (κ3) is 3.74. The third-order valence-corrected chi connectivity index (χ3v) is 5.21. The molecule has 5 rings (SSSR count). The number of oxazole rings is 1. The van der Waals surface area contributed by atoms with E-state index in [0.717, 1.165) is 16.8 Å². The first-order valence-electron chi connectivity index (χ1n) is 10.2. The summed E-state index contributed by atoms with van der Waals surface area (Å²) in [4.78, 5) is 22.4. The van der Waals surface area contributed by atoms with Crippen molar-refractivity contribution >= 4 is 34.7 Å². The van der Waals surface area contributed by atoms with Gasteiger partial charge in [0.2, 0.25) is 5.96 Å². The summed E-state index contributed by atoms with van der Waals surface area (Å²) in [5.41, 5.74) is 4.23. The molecule has 0 radical (unpaired) electrons. The number of anilines is 2. The molecule has 8 nitrogen and oxygen atoms in total. The number of fused-ring (bicyclic) bond motifs is 1. The molecule has 1 aliphatic rings. The number of carbonyl (C=O) groups is 1. The number of allylic oxidation sites excluding steroid dienone is 1. The van der Waals surface area contributed by atoms with E-state index in [-0.39, 0.29) is 5.91 Å². The molecule has 160 valence electrons. The topological polar surface area (TPSA) is 105 Å². The van der Waals surface area contributed by atoms with E-state index in [1.54, 1.807) is 18.4 Å². The van der Waals surface area contributed by atoms with Crippen molar-refractivity contribution in [2.45, 2.75) is 19.9 Å². The monoisotopic (exact) mass is 427 g/mol. The molecule has 1 aliphatic heterocycles. The summed E-state index contributed by atoms with van der Waals surface area (Å²) in [6.45, 7) is 3.77. The van der Waals surface area contributed by atoms with Gasteiger partial charge in [-0.3, -0.25) is 10.1 Å². The van der Waals surface area contributed by atoms with Crippen LogP contribution in [0, 0.1) is 6.92 Å². The number of hydrogen-bond acceptors (Lipinski definition) is 7. The largest absolute Gasteiger partial charge is 0.467 e. The van der Waals surface area contributed by atoms with Gasteiger partial charge in [-0.2, -0.15) is 4.98 Å². The van der Waals surface area contributed by atoms with E-state index in [0.29, 0.717) is 34.6 Å². The first kappa shape index (κ1) is 19.6. The predicted octanol–water partition coefficient (Wildman–Crippen LogP) is 4.75. The van der Waals surface area contributed by atoms with Crippen LogP contribution < -0.4 is 16.0 Å². The molecule has 8 heteroatoms. The lowest BCUT2D eigenvalue weighted by Gasteiger charge is -2.25. The van der Waals surface area contributed by atoms with Gasteiger partial charge in [0.05, 0.1) is 11.8 Å². The van der Waals surface area contributed by atoms with Gasteiger partial charge in [-0.1, -0.05) is 30.3 Å². The number of nitrogens with one attached hydrogen (secondary N) is 3. The van der Waals surface area contributed by atoms with Crippen LogP contribution in [0.25, 0.3) is 11.1 Å². The lowest BCUT2D eigenvalue weighted by atomic mass is 10.0. The van der Waals surface area contributed by atoms with Gasteiger partial charge < -0.3 is 19.5 Å². The maximum Gasteiger partial charge on any atom is 0.302 e. The molecule has 0 saturated carbocycles. The van der Waals surface area contributed by atoms with Crippen molar-refractivity contribution < 1.29 is 13.6 Å². The Hall–Kier alpha value is -4.33. The number of aromatic nitrogens is 1. The summed E-state index contributed by atoms with van der Waals surface area (Å²) in [6.07, 6.45) is 1.56. The number of guanidine groups is 1. The fourth-order valence-electron chi connectivity index (χ4n) is 3.62. The van der Waals surface area contributed by atoms with Crippen LogP contribution in [0.3, 0.4) is 0 Å². The lowest BCUT2D eigenvalue weighted by Crippen LogP contribution is -2.37. The Balaban J connectivity index is 1.45. The van der Waals surface area contributed by atoms with Gasteiger partial charge in [0.25, 0.3) is 5.91 Å². The minimum absolute atomic E-state index is 0.254. The number of carbonyl (C=O) groups excluding carboxylic acids is 1. The van der Waals surface area contributed by atoms with Crippen molar-refractivity contribution in [3.8, 4) is 0 Å². The molecule has 0 spiro atoms. The first-order chi connectivity index (χ1) is 15.6. The maximum absolute atomic E-state index is 13.2. The minimum Gasteiger partial charge on any atom is -0.467 e. The number of benzene rings is 2. The molecule has 3 N–H and O–H groups in total. The van der Waals surface area contributed by atoms with Crippen molar-refractivity contribution in [2.24, 2.45) is 4.99 Å². The summed E-state index contributed by atoms with van der Waals surface area (Å²) in [5, 5.41) is 9.20. The number of furan rings is 1. The molecule has 0 bridgehead atoms. The Labute approximate surface area is 184 Å². The van der Waals surface area contributed by atoms with Gasteiger partial charge in [0.1, 0.15) is 17.3 Å². The SMILES string of the molecule is CC1=C(C(=O)Nc2ccccc2C)C(c2ccco2)N=C(Nc2nc3ccccc3o2)N1. The summed E-state index contributed by atoms with van der Waals surface area (Å²) in [5.74, 6) is 0.705. The Morgan fingerprint density at radius 1 is 1.03 bits per heavy atom. The average molecular weight is 427 g/mol. The maximum atomic E-state index is 13.2. The van der Waals surface area contributed by atoms with Crippen LogP contribution in [0.2, 0.25) is 0 Å². The molecule has 0 aliphatic carbocycles. The van der Waals surface area contributed by atoms with Crippen LogP contribution in [0.4, 0.5) is 11.7 Å². The van der Waals surface area contributed by atoms with Crippen molar-refractivity contribution in [3.05, 3.63) is 89.5 Å². The van der Waals surface area contributed by atoms with Crippen LogP contribution in [-0.2, 0) is 4.79 Å². The van der Waals surface area contributed by atoms with E-state index < -0.39 is 6.04 Å². The van der Waals surface area contributed by atoms with E-state index >= 15 is 0 Å². The molecule has 0 fully saturated rings. The van der Waals surface area contributed by atoms with Crippen LogP contribution in [0.1, 0.15) is 24.3 Å². The van der Waals surface area contributed by atoms with E-state index in [1.165, 1.54) is 0 Å². The normalized spacial score (nSPS) is 15.9. The third-order valence-electron chi connectivity index (χ3n) is 5.21. The van der Waals surface area contributed by atoms with Gasteiger partial charge in [-0.05, 0) is 49.7 Å². The predicted molar refractivity (Wildman–Crippen MR) is 122 cm³/mol. The van der Waals surface area contributed by atoms with Gasteiger partial charge in [0.15, 0.2) is 5.58 Å². The lowest BCUT2D eigenvalue weighted by molar-refractivity contribution is -0.113. The number of para-hydroxylation sites is 3. The van der Waals surface area contributed by atoms with Crippen molar-refractivity contribution in [3.63, 3.8) is 0 Å². The van der Waals surface area contributed by atoms with Crippen LogP contribution in [0.15, 0.2) is 92.0 Å². The van der Waals surface area contributed by atoms with E-state index in [9.17, 15) is 4.79 Å². The highest BCUT2D eigenvalue weighted by Gasteiger charge is 2.31. The molecular weight excluding hydrogens is 406 g/mol. The van der Waals surface area contributed by atoms with E-state index in [1.807, 2.05) is 62.4 Å². The van der Waals surface area contributed by atoms with E-state index in [4.69, 9.17) is 8.83 Å². The number of nitrogens with zero attached hydrogens (tertiary/aromatic N) is 2. The highest BCUT2D eigenvalue weighted by atomic mass is 16.4. The smallest absolute Gasteiger partial charge is 0.302 e. The summed E-state index contributed by atoms with van der Waals surface area (Å²) < 4.78 is 11.3.